The average molecular weight is 416 g/mol. The first-order valence-corrected chi connectivity index (χ1v) is 8.54. The number of para-hydroxylation sites is 1. The highest BCUT2D eigenvalue weighted by Gasteiger charge is 2.21. The molecular weight excluding hydrogens is 399 g/mol. The van der Waals surface area contributed by atoms with Crippen LogP contribution in [0.15, 0.2) is 52.1 Å². The summed E-state index contributed by atoms with van der Waals surface area (Å²) in [5.41, 5.74) is 5.67. The van der Waals surface area contributed by atoms with Gasteiger partial charge in [-0.15, -0.1) is 0 Å². The highest BCUT2D eigenvalue weighted by Crippen LogP contribution is 2.41. The molecule has 0 unspecified atom stereocenters. The van der Waals surface area contributed by atoms with Crippen LogP contribution in [0.5, 0.6) is 5.75 Å². The molecule has 0 aliphatic carbocycles. The van der Waals surface area contributed by atoms with Crippen molar-refractivity contribution in [2.24, 2.45) is 0 Å². The molecule has 1 heterocycles. The molecule has 0 atom stereocenters. The second-order valence-electron chi connectivity index (χ2n) is 5.60. The van der Waals surface area contributed by atoms with Gasteiger partial charge >= 0.3 is 0 Å². The Morgan fingerprint density at radius 2 is 1.91 bits per heavy atom. The lowest BCUT2D eigenvalue weighted by molar-refractivity contribution is -0.112. The second-order valence-corrected chi connectivity index (χ2v) is 6.90. The first-order valence-electron chi connectivity index (χ1n) is 7.47. The van der Waals surface area contributed by atoms with E-state index in [1.54, 1.807) is 13.0 Å². The van der Waals surface area contributed by atoms with Gasteiger partial charge in [-0.25, -0.2) is 0 Å². The Bertz CT molecular complexity index is 814. The van der Waals surface area contributed by atoms with Crippen molar-refractivity contribution < 1.29 is 9.53 Å². The molecule has 0 saturated carbocycles. The predicted molar refractivity (Wildman–Crippen MR) is 103 cm³/mol. The first-order chi connectivity index (χ1) is 11.1. The molecule has 3 rings (SSSR count). The maximum atomic E-state index is 11.2. The van der Waals surface area contributed by atoms with Crippen molar-refractivity contribution >= 4 is 40.0 Å². The SMILES string of the molecule is CC(=O)/C=C/c1cccc2c1OCC(I)=C2c1ccc(C)cc1. The summed E-state index contributed by atoms with van der Waals surface area (Å²) < 4.78 is 7.13. The quantitative estimate of drug-likeness (QED) is 0.509. The van der Waals surface area contributed by atoms with E-state index in [4.69, 9.17) is 4.74 Å². The van der Waals surface area contributed by atoms with Crippen LogP contribution in [0.2, 0.25) is 0 Å². The fourth-order valence-electron chi connectivity index (χ4n) is 2.64. The third-order valence-electron chi connectivity index (χ3n) is 3.77. The van der Waals surface area contributed by atoms with Crippen LogP contribution in [0.3, 0.4) is 0 Å². The number of ether oxygens (including phenoxy) is 1. The highest BCUT2D eigenvalue weighted by atomic mass is 127. The molecule has 116 valence electrons. The summed E-state index contributed by atoms with van der Waals surface area (Å²) in [4.78, 5) is 11.2. The molecule has 2 aromatic carbocycles. The minimum Gasteiger partial charge on any atom is -0.487 e. The normalized spacial score (nSPS) is 13.9. The minimum atomic E-state index is 0.0299. The number of benzene rings is 2. The number of aryl methyl sites for hydroxylation is 1. The third kappa shape index (κ3) is 3.39. The smallest absolute Gasteiger partial charge is 0.152 e. The number of carbonyl (C=O) groups is 1. The zero-order valence-corrected chi connectivity index (χ0v) is 15.3. The number of fused-ring (bicyclic) bond motifs is 1. The first kappa shape index (κ1) is 16.0. The molecule has 0 bridgehead atoms. The zero-order chi connectivity index (χ0) is 16.4. The molecule has 0 N–H and O–H groups in total. The molecule has 0 saturated heterocycles. The lowest BCUT2D eigenvalue weighted by Gasteiger charge is -2.23. The van der Waals surface area contributed by atoms with Gasteiger partial charge in [0.05, 0.1) is 0 Å². The van der Waals surface area contributed by atoms with Gasteiger partial charge in [0, 0.05) is 20.3 Å². The van der Waals surface area contributed by atoms with Crippen LogP contribution in [0, 0.1) is 6.92 Å². The van der Waals surface area contributed by atoms with Crippen molar-refractivity contribution in [2.45, 2.75) is 13.8 Å². The van der Waals surface area contributed by atoms with Gasteiger partial charge in [-0.05, 0) is 54.2 Å². The summed E-state index contributed by atoms with van der Waals surface area (Å²) in [6.45, 7) is 4.20. The van der Waals surface area contributed by atoms with Crippen molar-refractivity contribution in [1.82, 2.24) is 0 Å². The molecule has 1 aliphatic rings. The third-order valence-corrected chi connectivity index (χ3v) is 4.62. The van der Waals surface area contributed by atoms with Crippen LogP contribution in [-0.4, -0.2) is 12.4 Å². The summed E-state index contributed by atoms with van der Waals surface area (Å²) >= 11 is 2.35. The van der Waals surface area contributed by atoms with Gasteiger partial charge in [-0.3, -0.25) is 4.79 Å². The van der Waals surface area contributed by atoms with Crippen LogP contribution in [0.1, 0.15) is 29.2 Å². The molecule has 0 aromatic heterocycles. The van der Waals surface area contributed by atoms with Crippen molar-refractivity contribution in [1.29, 1.82) is 0 Å². The fraction of sp³-hybridized carbons (Fsp3) is 0.150. The van der Waals surface area contributed by atoms with Crippen molar-refractivity contribution in [3.05, 3.63) is 74.4 Å². The molecule has 0 fully saturated rings. The number of hydrogen-bond donors (Lipinski definition) is 0. The molecule has 0 spiro atoms. The van der Waals surface area contributed by atoms with Gasteiger partial charge in [0.2, 0.25) is 0 Å². The summed E-state index contributed by atoms with van der Waals surface area (Å²) in [6.07, 6.45) is 3.40. The number of carbonyl (C=O) groups excluding carboxylic acids is 1. The van der Waals surface area contributed by atoms with Crippen LogP contribution < -0.4 is 4.74 Å². The molecule has 2 nitrogen and oxygen atoms in total. The number of allylic oxidation sites excluding steroid dienone is 1. The Morgan fingerprint density at radius 1 is 1.17 bits per heavy atom. The molecule has 1 aliphatic heterocycles. The van der Waals surface area contributed by atoms with Gasteiger partial charge in [0.15, 0.2) is 5.78 Å². The van der Waals surface area contributed by atoms with Gasteiger partial charge in [-0.1, -0.05) is 48.0 Å². The van der Waals surface area contributed by atoms with E-state index in [1.165, 1.54) is 20.3 Å². The van der Waals surface area contributed by atoms with Crippen LogP contribution in [-0.2, 0) is 4.79 Å². The standard InChI is InChI=1S/C20H17IO2/c1-13-6-9-15(10-7-13)19-17-5-3-4-16(11-8-14(2)22)20(17)23-12-18(19)21/h3-11H,12H2,1-2H3/b11-8+. The molecule has 2 aromatic rings. The summed E-state index contributed by atoms with van der Waals surface area (Å²) in [5, 5.41) is 0. The minimum absolute atomic E-state index is 0.0299. The summed E-state index contributed by atoms with van der Waals surface area (Å²) in [6, 6.07) is 14.6. The van der Waals surface area contributed by atoms with Gasteiger partial charge in [0.25, 0.3) is 0 Å². The zero-order valence-electron chi connectivity index (χ0n) is 13.1. The summed E-state index contributed by atoms with van der Waals surface area (Å²) in [5.74, 6) is 0.878. The van der Waals surface area contributed by atoms with E-state index in [9.17, 15) is 4.79 Å². The van der Waals surface area contributed by atoms with Crippen LogP contribution in [0.4, 0.5) is 0 Å². The monoisotopic (exact) mass is 416 g/mol. The van der Waals surface area contributed by atoms with E-state index in [0.29, 0.717) is 6.61 Å². The molecule has 3 heteroatoms. The maximum absolute atomic E-state index is 11.2. The Kier molecular flexibility index (Phi) is 4.66. The van der Waals surface area contributed by atoms with Gasteiger partial charge < -0.3 is 4.74 Å². The van der Waals surface area contributed by atoms with E-state index in [1.807, 2.05) is 18.2 Å². The Labute approximate surface area is 150 Å². The number of rotatable bonds is 3. The van der Waals surface area contributed by atoms with Gasteiger partial charge in [-0.2, -0.15) is 0 Å². The van der Waals surface area contributed by atoms with Crippen molar-refractivity contribution in [2.75, 3.05) is 6.61 Å². The molecular formula is C20H17IO2. The largest absolute Gasteiger partial charge is 0.487 e. The van der Waals surface area contributed by atoms with Crippen molar-refractivity contribution in [3.63, 3.8) is 0 Å². The Hall–Kier alpha value is -1.88. The van der Waals surface area contributed by atoms with E-state index in [-0.39, 0.29) is 5.78 Å². The Morgan fingerprint density at radius 3 is 2.61 bits per heavy atom. The van der Waals surface area contributed by atoms with E-state index < -0.39 is 0 Å². The Balaban J connectivity index is 2.13. The topological polar surface area (TPSA) is 26.3 Å². The van der Waals surface area contributed by atoms with E-state index in [0.717, 1.165) is 16.9 Å². The lowest BCUT2D eigenvalue weighted by Crippen LogP contribution is -2.10. The molecule has 0 radical (unpaired) electrons. The number of hydrogen-bond acceptors (Lipinski definition) is 2. The van der Waals surface area contributed by atoms with Gasteiger partial charge in [0.1, 0.15) is 12.4 Å². The fourth-order valence-corrected chi connectivity index (χ4v) is 3.40. The highest BCUT2D eigenvalue weighted by molar-refractivity contribution is 14.1. The maximum Gasteiger partial charge on any atom is 0.152 e. The van der Waals surface area contributed by atoms with Crippen molar-refractivity contribution in [3.8, 4) is 5.75 Å². The van der Waals surface area contributed by atoms with Crippen LogP contribution in [0.25, 0.3) is 11.6 Å². The summed E-state index contributed by atoms with van der Waals surface area (Å²) in [7, 11) is 0. The second kappa shape index (κ2) is 6.71. The molecule has 23 heavy (non-hydrogen) atoms. The van der Waals surface area contributed by atoms with E-state index >= 15 is 0 Å². The van der Waals surface area contributed by atoms with E-state index in [2.05, 4.69) is 59.8 Å². The molecule has 0 amide bonds. The lowest BCUT2D eigenvalue weighted by atomic mass is 9.93. The number of ketones is 1. The average Bonchev–Trinajstić information content (AvgIpc) is 2.53. The predicted octanol–water partition coefficient (Wildman–Crippen LogP) is 5.18. The van der Waals surface area contributed by atoms with Crippen LogP contribution >= 0.6 is 22.6 Å². The number of halogens is 1.